The van der Waals surface area contributed by atoms with Crippen LogP contribution in [-0.4, -0.2) is 19.4 Å². The number of furan rings is 1. The molecule has 0 saturated heterocycles. The average Bonchev–Trinajstić information content (AvgIpc) is 3.08. The predicted octanol–water partition coefficient (Wildman–Crippen LogP) is 1.89. The Kier molecular flexibility index (Phi) is 1.76. The van der Waals surface area contributed by atoms with Crippen LogP contribution in [0.15, 0.2) is 39.2 Å². The minimum atomic E-state index is -0.308. The lowest BCUT2D eigenvalue weighted by atomic mass is 10.4. The number of nitrogens with zero attached hydrogens (tertiary/aromatic N) is 3. The van der Waals surface area contributed by atoms with Crippen molar-refractivity contribution in [3.8, 4) is 11.6 Å². The maximum atomic E-state index is 11.9. The molecule has 4 aromatic rings. The number of hydrogen-bond donors (Lipinski definition) is 1. The fourth-order valence-corrected chi connectivity index (χ4v) is 2.58. The second-order valence-electron chi connectivity index (χ2n) is 3.73. The SMILES string of the molecule is O=c1nc2sccn2c2nc(-c3ccco3)[nH]c12. The summed E-state index contributed by atoms with van der Waals surface area (Å²) in [5.74, 6) is 1.12. The Hall–Kier alpha value is -2.41. The third-order valence-electron chi connectivity index (χ3n) is 2.67. The van der Waals surface area contributed by atoms with Crippen molar-refractivity contribution in [3.63, 3.8) is 0 Å². The molecule has 4 rings (SSSR count). The van der Waals surface area contributed by atoms with E-state index in [1.54, 1.807) is 22.8 Å². The Bertz CT molecular complexity index is 900. The number of thiazole rings is 1. The summed E-state index contributed by atoms with van der Waals surface area (Å²) in [5.41, 5.74) is 0.646. The van der Waals surface area contributed by atoms with Gasteiger partial charge < -0.3 is 9.40 Å². The van der Waals surface area contributed by atoms with Gasteiger partial charge in [-0.05, 0) is 12.1 Å². The highest BCUT2D eigenvalue weighted by Gasteiger charge is 2.13. The highest BCUT2D eigenvalue weighted by molar-refractivity contribution is 7.15. The molecule has 0 aliphatic carbocycles. The number of aromatic nitrogens is 4. The first-order valence-electron chi connectivity index (χ1n) is 5.22. The van der Waals surface area contributed by atoms with Crippen LogP contribution in [-0.2, 0) is 0 Å². The van der Waals surface area contributed by atoms with Crippen molar-refractivity contribution in [2.75, 3.05) is 0 Å². The number of nitrogens with one attached hydrogen (secondary N) is 1. The Labute approximate surface area is 104 Å². The monoisotopic (exact) mass is 258 g/mol. The molecule has 0 fully saturated rings. The van der Waals surface area contributed by atoms with Gasteiger partial charge in [0.25, 0.3) is 5.56 Å². The molecule has 4 heterocycles. The fourth-order valence-electron chi connectivity index (χ4n) is 1.87. The van der Waals surface area contributed by atoms with Crippen LogP contribution >= 0.6 is 11.3 Å². The second-order valence-corrected chi connectivity index (χ2v) is 4.61. The molecule has 0 bridgehead atoms. The Balaban J connectivity index is 2.16. The van der Waals surface area contributed by atoms with Crippen molar-refractivity contribution in [3.05, 3.63) is 40.3 Å². The van der Waals surface area contributed by atoms with E-state index in [2.05, 4.69) is 15.0 Å². The summed E-state index contributed by atoms with van der Waals surface area (Å²) in [4.78, 5) is 23.8. The highest BCUT2D eigenvalue weighted by atomic mass is 32.1. The van der Waals surface area contributed by atoms with Crippen molar-refractivity contribution < 1.29 is 4.42 Å². The maximum Gasteiger partial charge on any atom is 0.300 e. The molecule has 0 radical (unpaired) electrons. The van der Waals surface area contributed by atoms with E-state index in [1.165, 1.54) is 11.3 Å². The quantitative estimate of drug-likeness (QED) is 0.565. The number of aromatic amines is 1. The van der Waals surface area contributed by atoms with Gasteiger partial charge in [0.05, 0.1) is 6.26 Å². The van der Waals surface area contributed by atoms with Crippen LogP contribution in [0.1, 0.15) is 0 Å². The molecular formula is C11H6N4O2S. The van der Waals surface area contributed by atoms with Gasteiger partial charge in [-0.25, -0.2) is 4.98 Å². The van der Waals surface area contributed by atoms with E-state index in [0.717, 1.165) is 0 Å². The van der Waals surface area contributed by atoms with Gasteiger partial charge in [-0.3, -0.25) is 9.20 Å². The van der Waals surface area contributed by atoms with Gasteiger partial charge in [-0.2, -0.15) is 4.98 Å². The Morgan fingerprint density at radius 2 is 2.33 bits per heavy atom. The molecule has 0 aromatic carbocycles. The largest absolute Gasteiger partial charge is 0.461 e. The summed E-state index contributed by atoms with van der Waals surface area (Å²) in [7, 11) is 0. The molecule has 0 aliphatic heterocycles. The molecule has 4 aromatic heterocycles. The zero-order valence-corrected chi connectivity index (χ0v) is 9.77. The molecule has 0 amide bonds. The zero-order chi connectivity index (χ0) is 12.1. The topological polar surface area (TPSA) is 76.2 Å². The minimum Gasteiger partial charge on any atom is -0.461 e. The first-order chi connectivity index (χ1) is 8.83. The highest BCUT2D eigenvalue weighted by Crippen LogP contribution is 2.20. The Morgan fingerprint density at radius 3 is 3.17 bits per heavy atom. The number of fused-ring (bicyclic) bond motifs is 3. The molecule has 1 N–H and O–H groups in total. The summed E-state index contributed by atoms with van der Waals surface area (Å²) in [6.07, 6.45) is 3.40. The van der Waals surface area contributed by atoms with Gasteiger partial charge >= 0.3 is 0 Å². The van der Waals surface area contributed by atoms with Crippen LogP contribution in [0.2, 0.25) is 0 Å². The van der Waals surface area contributed by atoms with Crippen LogP contribution in [0.3, 0.4) is 0 Å². The Morgan fingerprint density at radius 1 is 1.39 bits per heavy atom. The van der Waals surface area contributed by atoms with E-state index in [1.807, 2.05) is 11.6 Å². The number of hydrogen-bond acceptors (Lipinski definition) is 5. The van der Waals surface area contributed by atoms with Crippen LogP contribution in [0.4, 0.5) is 0 Å². The summed E-state index contributed by atoms with van der Waals surface area (Å²) in [6, 6.07) is 3.55. The van der Waals surface area contributed by atoms with Crippen LogP contribution in [0.25, 0.3) is 27.7 Å². The average molecular weight is 258 g/mol. The zero-order valence-electron chi connectivity index (χ0n) is 8.95. The smallest absolute Gasteiger partial charge is 0.300 e. The maximum absolute atomic E-state index is 11.9. The summed E-state index contributed by atoms with van der Waals surface area (Å²) in [5, 5.41) is 1.86. The molecule has 18 heavy (non-hydrogen) atoms. The van der Waals surface area contributed by atoms with Crippen molar-refractivity contribution in [2.24, 2.45) is 0 Å². The molecule has 0 aliphatic rings. The molecule has 6 nitrogen and oxygen atoms in total. The van der Waals surface area contributed by atoms with Crippen molar-refractivity contribution in [1.29, 1.82) is 0 Å². The molecular weight excluding hydrogens is 252 g/mol. The second kappa shape index (κ2) is 3.30. The van der Waals surface area contributed by atoms with Crippen molar-refractivity contribution in [2.45, 2.75) is 0 Å². The van der Waals surface area contributed by atoms with Gasteiger partial charge in [0, 0.05) is 11.6 Å². The molecule has 0 spiro atoms. The lowest BCUT2D eigenvalue weighted by Crippen LogP contribution is -2.08. The fraction of sp³-hybridized carbons (Fsp3) is 0. The van der Waals surface area contributed by atoms with Crippen molar-refractivity contribution in [1.82, 2.24) is 19.4 Å². The number of imidazole rings is 1. The standard InChI is InChI=1S/C11H6N4O2S/c16-10-7-9(15-3-5-18-11(15)14-10)13-8(12-7)6-2-1-4-17-6/h1-5H,(H,12,13). The summed E-state index contributed by atoms with van der Waals surface area (Å²) in [6.45, 7) is 0. The normalized spacial score (nSPS) is 11.6. The lowest BCUT2D eigenvalue weighted by Gasteiger charge is -1.91. The molecule has 7 heteroatoms. The van der Waals surface area contributed by atoms with Crippen molar-refractivity contribution >= 4 is 27.5 Å². The van der Waals surface area contributed by atoms with Gasteiger partial charge in [-0.1, -0.05) is 0 Å². The predicted molar refractivity (Wildman–Crippen MR) is 66.7 cm³/mol. The van der Waals surface area contributed by atoms with Gasteiger partial charge in [0.15, 0.2) is 27.7 Å². The number of rotatable bonds is 1. The van der Waals surface area contributed by atoms with E-state index in [4.69, 9.17) is 4.42 Å². The summed E-state index contributed by atoms with van der Waals surface area (Å²) >= 11 is 1.40. The summed E-state index contributed by atoms with van der Waals surface area (Å²) < 4.78 is 7.04. The van der Waals surface area contributed by atoms with Crippen LogP contribution in [0.5, 0.6) is 0 Å². The third-order valence-corrected chi connectivity index (χ3v) is 3.42. The number of H-pyrrole nitrogens is 1. The van der Waals surface area contributed by atoms with Crippen LogP contribution < -0.4 is 5.56 Å². The molecule has 88 valence electrons. The van der Waals surface area contributed by atoms with E-state index < -0.39 is 0 Å². The van der Waals surface area contributed by atoms with Crippen LogP contribution in [0, 0.1) is 0 Å². The van der Waals surface area contributed by atoms with Gasteiger partial charge in [0.2, 0.25) is 0 Å². The first-order valence-corrected chi connectivity index (χ1v) is 6.10. The van der Waals surface area contributed by atoms with E-state index >= 15 is 0 Å². The van der Waals surface area contributed by atoms with Gasteiger partial charge in [0.1, 0.15) is 0 Å². The van der Waals surface area contributed by atoms with E-state index in [0.29, 0.717) is 27.7 Å². The molecule has 0 atom stereocenters. The van der Waals surface area contributed by atoms with E-state index in [9.17, 15) is 4.79 Å². The first kappa shape index (κ1) is 9.60. The minimum absolute atomic E-state index is 0.308. The molecule has 0 saturated carbocycles. The van der Waals surface area contributed by atoms with E-state index in [-0.39, 0.29) is 5.56 Å². The molecule has 0 unspecified atom stereocenters. The van der Waals surface area contributed by atoms with Gasteiger partial charge in [-0.15, -0.1) is 11.3 Å². The third kappa shape index (κ3) is 1.19. The lowest BCUT2D eigenvalue weighted by molar-refractivity contribution is 0.578.